The van der Waals surface area contributed by atoms with Crippen molar-refractivity contribution in [2.24, 2.45) is 5.73 Å². The second-order valence-electron chi connectivity index (χ2n) is 7.66. The molecule has 2 N–H and O–H groups in total. The van der Waals surface area contributed by atoms with Crippen LogP contribution in [0.4, 0.5) is 4.39 Å². The van der Waals surface area contributed by atoms with E-state index in [4.69, 9.17) is 5.73 Å². The lowest BCUT2D eigenvalue weighted by Gasteiger charge is -2.40. The summed E-state index contributed by atoms with van der Waals surface area (Å²) >= 11 is 0. The van der Waals surface area contributed by atoms with E-state index in [-0.39, 0.29) is 5.82 Å². The molecule has 0 aromatic heterocycles. The van der Waals surface area contributed by atoms with Crippen molar-refractivity contribution < 1.29 is 4.39 Å². The molecule has 2 fully saturated rings. The van der Waals surface area contributed by atoms with Crippen LogP contribution in [0.25, 0.3) is 0 Å². The molecular formula is C20H28FN3. The third-order valence-electron chi connectivity index (χ3n) is 6.07. The van der Waals surface area contributed by atoms with E-state index in [1.165, 1.54) is 18.5 Å². The van der Waals surface area contributed by atoms with Crippen molar-refractivity contribution in [2.45, 2.75) is 56.1 Å². The van der Waals surface area contributed by atoms with Crippen LogP contribution in [0.2, 0.25) is 0 Å². The van der Waals surface area contributed by atoms with Crippen LogP contribution in [0.3, 0.4) is 0 Å². The molecule has 1 aliphatic carbocycles. The summed E-state index contributed by atoms with van der Waals surface area (Å²) in [4.78, 5) is 5.17. The fourth-order valence-electron chi connectivity index (χ4n) is 4.88. The first-order valence-corrected chi connectivity index (χ1v) is 9.38. The fraction of sp³-hybridized carbons (Fsp3) is 0.600. The van der Waals surface area contributed by atoms with E-state index in [9.17, 15) is 4.39 Å². The van der Waals surface area contributed by atoms with Gasteiger partial charge < -0.3 is 10.6 Å². The van der Waals surface area contributed by atoms with Crippen molar-refractivity contribution in [2.75, 3.05) is 19.6 Å². The number of hydrogen-bond donors (Lipinski definition) is 1. The summed E-state index contributed by atoms with van der Waals surface area (Å²) in [6.45, 7) is 3.33. The normalized spacial score (nSPS) is 34.2. The molecule has 2 aliphatic heterocycles. The van der Waals surface area contributed by atoms with Crippen LogP contribution < -0.4 is 5.73 Å². The molecule has 4 heteroatoms. The first kappa shape index (κ1) is 16.1. The van der Waals surface area contributed by atoms with Gasteiger partial charge in [0.1, 0.15) is 5.82 Å². The molecule has 4 rings (SSSR count). The van der Waals surface area contributed by atoms with Gasteiger partial charge >= 0.3 is 0 Å². The van der Waals surface area contributed by atoms with E-state index in [1.54, 1.807) is 12.1 Å². The Labute approximate surface area is 144 Å². The zero-order valence-electron chi connectivity index (χ0n) is 14.3. The van der Waals surface area contributed by atoms with Gasteiger partial charge in [0.25, 0.3) is 0 Å². The highest BCUT2D eigenvalue weighted by Gasteiger charge is 2.41. The number of rotatable bonds is 3. The minimum absolute atomic E-state index is 0.144. The summed E-state index contributed by atoms with van der Waals surface area (Å²) in [5, 5.41) is 0. The lowest BCUT2D eigenvalue weighted by atomic mass is 9.97. The molecule has 3 nitrogen and oxygen atoms in total. The quantitative estimate of drug-likeness (QED) is 0.925. The van der Waals surface area contributed by atoms with Gasteiger partial charge in [-0.25, -0.2) is 4.39 Å². The molecule has 2 heterocycles. The molecule has 0 spiro atoms. The van der Waals surface area contributed by atoms with Gasteiger partial charge in [-0.05, 0) is 68.5 Å². The van der Waals surface area contributed by atoms with Crippen molar-refractivity contribution in [1.29, 1.82) is 0 Å². The van der Waals surface area contributed by atoms with Crippen LogP contribution in [0.1, 0.15) is 43.6 Å². The molecule has 0 bridgehead atoms. The minimum Gasteiger partial charge on any atom is -0.373 e. The SMILES string of the molecule is NC1CCCN(C2CC(c3ccc(F)cc3)CC2N2C=CCC2)C1. The maximum absolute atomic E-state index is 13.3. The average molecular weight is 329 g/mol. The molecule has 24 heavy (non-hydrogen) atoms. The summed E-state index contributed by atoms with van der Waals surface area (Å²) in [5.41, 5.74) is 7.53. The number of piperidine rings is 1. The molecule has 1 saturated heterocycles. The van der Waals surface area contributed by atoms with E-state index in [1.807, 2.05) is 12.1 Å². The maximum atomic E-state index is 13.3. The number of nitrogens with two attached hydrogens (primary N) is 1. The first-order chi connectivity index (χ1) is 11.7. The molecule has 1 saturated carbocycles. The average Bonchev–Trinajstić information content (AvgIpc) is 3.25. The van der Waals surface area contributed by atoms with E-state index >= 15 is 0 Å². The monoisotopic (exact) mass is 329 g/mol. The van der Waals surface area contributed by atoms with Crippen molar-refractivity contribution in [3.05, 3.63) is 47.9 Å². The molecule has 4 atom stereocenters. The fourth-order valence-corrected chi connectivity index (χ4v) is 4.88. The highest BCUT2D eigenvalue weighted by Crippen LogP contribution is 2.41. The molecule has 0 amide bonds. The second kappa shape index (κ2) is 6.85. The van der Waals surface area contributed by atoms with Crippen LogP contribution >= 0.6 is 0 Å². The summed E-state index contributed by atoms with van der Waals surface area (Å²) in [5.74, 6) is 0.377. The molecule has 4 unspecified atom stereocenters. The van der Waals surface area contributed by atoms with Crippen LogP contribution in [0, 0.1) is 5.82 Å². The van der Waals surface area contributed by atoms with Crippen molar-refractivity contribution in [3.8, 4) is 0 Å². The first-order valence-electron chi connectivity index (χ1n) is 9.38. The third-order valence-corrected chi connectivity index (χ3v) is 6.07. The van der Waals surface area contributed by atoms with Gasteiger partial charge in [0.05, 0.1) is 0 Å². The Morgan fingerprint density at radius 3 is 2.54 bits per heavy atom. The van der Waals surface area contributed by atoms with Gasteiger partial charge in [-0.15, -0.1) is 0 Å². The molecule has 1 aromatic rings. The molecule has 3 aliphatic rings. The molecule has 0 radical (unpaired) electrons. The number of likely N-dealkylation sites (tertiary alicyclic amines) is 1. The number of nitrogens with zero attached hydrogens (tertiary/aromatic N) is 2. The third kappa shape index (κ3) is 3.22. The van der Waals surface area contributed by atoms with Crippen molar-refractivity contribution in [3.63, 3.8) is 0 Å². The maximum Gasteiger partial charge on any atom is 0.123 e. The second-order valence-corrected chi connectivity index (χ2v) is 7.66. The van der Waals surface area contributed by atoms with E-state index in [0.29, 0.717) is 24.0 Å². The minimum atomic E-state index is -0.144. The van der Waals surface area contributed by atoms with E-state index in [2.05, 4.69) is 22.1 Å². The summed E-state index contributed by atoms with van der Waals surface area (Å²) in [7, 11) is 0. The molecule has 130 valence electrons. The number of hydrogen-bond acceptors (Lipinski definition) is 3. The lowest BCUT2D eigenvalue weighted by molar-refractivity contribution is 0.101. The van der Waals surface area contributed by atoms with Crippen LogP contribution in [-0.2, 0) is 0 Å². The smallest absolute Gasteiger partial charge is 0.123 e. The summed E-state index contributed by atoms with van der Waals surface area (Å²) < 4.78 is 13.3. The Hall–Kier alpha value is -1.39. The topological polar surface area (TPSA) is 32.5 Å². The molecule has 1 aromatic carbocycles. The lowest BCUT2D eigenvalue weighted by Crippen LogP contribution is -2.53. The zero-order chi connectivity index (χ0) is 16.5. The van der Waals surface area contributed by atoms with E-state index in [0.717, 1.165) is 38.8 Å². The number of benzene rings is 1. The standard InChI is InChI=1S/C20H28FN3/c21-17-7-5-15(6-8-17)16-12-19(23-9-1-2-10-23)20(13-16)24-11-3-4-18(22)14-24/h1,5-9,16,18-20H,2-4,10-14,22H2. The highest BCUT2D eigenvalue weighted by molar-refractivity contribution is 5.24. The zero-order valence-corrected chi connectivity index (χ0v) is 14.3. The molecular weight excluding hydrogens is 301 g/mol. The predicted molar refractivity (Wildman–Crippen MR) is 95.2 cm³/mol. The van der Waals surface area contributed by atoms with Gasteiger partial charge in [0.15, 0.2) is 0 Å². The predicted octanol–water partition coefficient (Wildman–Crippen LogP) is 3.08. The largest absolute Gasteiger partial charge is 0.373 e. The summed E-state index contributed by atoms with van der Waals surface area (Å²) in [6.07, 6.45) is 10.4. The van der Waals surface area contributed by atoms with Gasteiger partial charge in [-0.3, -0.25) is 4.90 Å². The van der Waals surface area contributed by atoms with Gasteiger partial charge in [0, 0.05) is 31.2 Å². The summed E-state index contributed by atoms with van der Waals surface area (Å²) in [6, 6.07) is 8.59. The Bertz CT molecular complexity index is 585. The van der Waals surface area contributed by atoms with Crippen LogP contribution in [0.15, 0.2) is 36.5 Å². The van der Waals surface area contributed by atoms with Crippen LogP contribution in [0.5, 0.6) is 0 Å². The highest BCUT2D eigenvalue weighted by atomic mass is 19.1. The Morgan fingerprint density at radius 1 is 1.04 bits per heavy atom. The Kier molecular flexibility index (Phi) is 4.59. The van der Waals surface area contributed by atoms with Gasteiger partial charge in [-0.2, -0.15) is 0 Å². The van der Waals surface area contributed by atoms with Crippen molar-refractivity contribution >= 4 is 0 Å². The van der Waals surface area contributed by atoms with E-state index < -0.39 is 0 Å². The Morgan fingerprint density at radius 2 is 1.83 bits per heavy atom. The van der Waals surface area contributed by atoms with Crippen LogP contribution in [-0.4, -0.2) is 47.6 Å². The number of halogens is 1. The van der Waals surface area contributed by atoms with Crippen molar-refractivity contribution in [1.82, 2.24) is 9.80 Å². The van der Waals surface area contributed by atoms with Gasteiger partial charge in [0.2, 0.25) is 0 Å². The Balaban J connectivity index is 1.55. The van der Waals surface area contributed by atoms with Gasteiger partial charge in [-0.1, -0.05) is 18.2 Å².